The van der Waals surface area contributed by atoms with Gasteiger partial charge in [-0.25, -0.2) is 0 Å². The highest BCUT2D eigenvalue weighted by atomic mass is 16.5. The van der Waals surface area contributed by atoms with Crippen LogP contribution in [0.15, 0.2) is 42.7 Å². The number of nitrogens with zero attached hydrogens (tertiary/aromatic N) is 4. The largest absolute Gasteiger partial charge is 0.482 e. The number of ether oxygens (including phenoxy) is 2. The summed E-state index contributed by atoms with van der Waals surface area (Å²) in [6, 6.07) is 10.2. The molecule has 36 heavy (non-hydrogen) atoms. The lowest BCUT2D eigenvalue weighted by molar-refractivity contribution is -0.135. The van der Waals surface area contributed by atoms with Gasteiger partial charge in [0.2, 0.25) is 5.91 Å². The molecular weight excluding hydrogens is 456 g/mol. The maximum absolute atomic E-state index is 12.7. The third-order valence-corrected chi connectivity index (χ3v) is 7.57. The molecule has 0 unspecified atom stereocenters. The van der Waals surface area contributed by atoms with Gasteiger partial charge in [0, 0.05) is 71.6 Å². The van der Waals surface area contributed by atoms with Crippen molar-refractivity contribution in [3.05, 3.63) is 59.4 Å². The summed E-state index contributed by atoms with van der Waals surface area (Å²) in [7, 11) is 0. The first-order valence-electron chi connectivity index (χ1n) is 13.1. The first-order valence-corrected chi connectivity index (χ1v) is 13.1. The van der Waals surface area contributed by atoms with Crippen molar-refractivity contribution >= 4 is 11.8 Å². The number of carbonyl (C=O) groups is 2. The van der Waals surface area contributed by atoms with Gasteiger partial charge in [0.25, 0.3) is 5.91 Å². The second-order valence-electron chi connectivity index (χ2n) is 10.1. The van der Waals surface area contributed by atoms with E-state index in [1.165, 1.54) is 16.7 Å². The molecule has 0 radical (unpaired) electrons. The molecule has 4 heterocycles. The van der Waals surface area contributed by atoms with Crippen LogP contribution in [-0.4, -0.2) is 84.0 Å². The van der Waals surface area contributed by atoms with Crippen molar-refractivity contribution in [3.63, 3.8) is 0 Å². The van der Waals surface area contributed by atoms with Crippen molar-refractivity contribution in [2.45, 2.75) is 38.8 Å². The van der Waals surface area contributed by atoms with Crippen LogP contribution in [-0.2, 0) is 33.8 Å². The highest BCUT2D eigenvalue weighted by molar-refractivity contribution is 5.78. The summed E-state index contributed by atoms with van der Waals surface area (Å²) in [5.41, 5.74) is 3.84. The molecule has 3 aliphatic rings. The minimum atomic E-state index is -0.00202. The van der Waals surface area contributed by atoms with Crippen LogP contribution in [0.2, 0.25) is 0 Å². The molecule has 0 N–H and O–H groups in total. The number of benzene rings is 1. The summed E-state index contributed by atoms with van der Waals surface area (Å²) in [6.45, 7) is 7.29. The molecule has 5 rings (SSSR count). The molecule has 8 nitrogen and oxygen atoms in total. The molecule has 0 spiro atoms. The Kier molecular flexibility index (Phi) is 8.13. The van der Waals surface area contributed by atoms with Crippen LogP contribution in [0.4, 0.5) is 0 Å². The molecular formula is C28H36N4O4. The first-order chi connectivity index (χ1) is 17.6. The Morgan fingerprint density at radius 2 is 1.81 bits per heavy atom. The summed E-state index contributed by atoms with van der Waals surface area (Å²) in [5, 5.41) is 0. The van der Waals surface area contributed by atoms with Gasteiger partial charge >= 0.3 is 0 Å². The SMILES string of the molecule is O=C(CC1CCOCC1)N1CCN(Cc2ccc3c(c2)CCN(C(=O)COc2cccnc2)C3)CC1. The van der Waals surface area contributed by atoms with E-state index in [0.717, 1.165) is 65.2 Å². The molecule has 2 fully saturated rings. The highest BCUT2D eigenvalue weighted by Gasteiger charge is 2.25. The number of hydrogen-bond acceptors (Lipinski definition) is 6. The number of pyridine rings is 1. The monoisotopic (exact) mass is 492 g/mol. The number of rotatable bonds is 7. The van der Waals surface area contributed by atoms with E-state index in [2.05, 4.69) is 28.1 Å². The molecule has 2 saturated heterocycles. The van der Waals surface area contributed by atoms with Gasteiger partial charge in [-0.2, -0.15) is 0 Å². The number of piperazine rings is 1. The topological polar surface area (TPSA) is 75.2 Å². The summed E-state index contributed by atoms with van der Waals surface area (Å²) in [4.78, 5) is 35.7. The van der Waals surface area contributed by atoms with E-state index in [1.54, 1.807) is 24.5 Å². The molecule has 8 heteroatoms. The fourth-order valence-electron chi connectivity index (χ4n) is 5.33. The number of carbonyl (C=O) groups excluding carboxylic acids is 2. The van der Waals surface area contributed by atoms with Gasteiger partial charge in [-0.05, 0) is 54.0 Å². The number of fused-ring (bicyclic) bond motifs is 1. The fourth-order valence-corrected chi connectivity index (χ4v) is 5.33. The van der Waals surface area contributed by atoms with Gasteiger partial charge in [-0.15, -0.1) is 0 Å². The molecule has 0 aliphatic carbocycles. The number of aromatic nitrogens is 1. The average Bonchev–Trinajstić information content (AvgIpc) is 2.93. The van der Waals surface area contributed by atoms with Gasteiger partial charge in [0.1, 0.15) is 5.75 Å². The highest BCUT2D eigenvalue weighted by Crippen LogP contribution is 2.23. The molecule has 0 atom stereocenters. The Morgan fingerprint density at radius 3 is 2.58 bits per heavy atom. The van der Waals surface area contributed by atoms with Crippen LogP contribution in [0.1, 0.15) is 36.0 Å². The Hall–Kier alpha value is -2.97. The van der Waals surface area contributed by atoms with Gasteiger partial charge in [0.05, 0.1) is 6.20 Å². The molecule has 0 saturated carbocycles. The van der Waals surface area contributed by atoms with Crippen molar-refractivity contribution in [1.29, 1.82) is 0 Å². The normalized spacial score (nSPS) is 19.1. The zero-order valence-electron chi connectivity index (χ0n) is 20.9. The third kappa shape index (κ3) is 6.42. The Bertz CT molecular complexity index is 1030. The van der Waals surface area contributed by atoms with Crippen molar-refractivity contribution < 1.29 is 19.1 Å². The molecule has 192 valence electrons. The lowest BCUT2D eigenvalue weighted by Gasteiger charge is -2.36. The summed E-state index contributed by atoms with van der Waals surface area (Å²) >= 11 is 0. The van der Waals surface area contributed by atoms with Crippen LogP contribution in [0, 0.1) is 5.92 Å². The Balaban J connectivity index is 1.07. The van der Waals surface area contributed by atoms with Gasteiger partial charge in [-0.3, -0.25) is 19.5 Å². The fraction of sp³-hybridized carbons (Fsp3) is 0.536. The quantitative estimate of drug-likeness (QED) is 0.591. The smallest absolute Gasteiger partial charge is 0.260 e. The van der Waals surface area contributed by atoms with E-state index < -0.39 is 0 Å². The van der Waals surface area contributed by atoms with Crippen LogP contribution >= 0.6 is 0 Å². The predicted molar refractivity (Wildman–Crippen MR) is 135 cm³/mol. The maximum atomic E-state index is 12.7. The van der Waals surface area contributed by atoms with Crippen LogP contribution in [0.5, 0.6) is 5.75 Å². The number of hydrogen-bond donors (Lipinski definition) is 0. The molecule has 3 aliphatic heterocycles. The molecule has 1 aromatic carbocycles. The zero-order valence-corrected chi connectivity index (χ0v) is 20.9. The van der Waals surface area contributed by atoms with Crippen LogP contribution in [0.3, 0.4) is 0 Å². The summed E-state index contributed by atoms with van der Waals surface area (Å²) < 4.78 is 11.0. The Morgan fingerprint density at radius 1 is 0.972 bits per heavy atom. The second kappa shape index (κ2) is 11.8. The van der Waals surface area contributed by atoms with Gasteiger partial charge in [-0.1, -0.05) is 18.2 Å². The molecule has 1 aromatic heterocycles. The standard InChI is InChI=1S/C28H36N4O4/c33-27(17-22-6-14-35-15-7-22)31-12-10-30(11-13-31)19-23-3-4-25-20-32(9-5-24(25)16-23)28(34)21-36-26-2-1-8-29-18-26/h1-4,8,16,18,22H,5-7,9-15,17,19-21H2. The summed E-state index contributed by atoms with van der Waals surface area (Å²) in [5.74, 6) is 1.40. The van der Waals surface area contributed by atoms with Crippen molar-refractivity contribution in [2.24, 2.45) is 5.92 Å². The van der Waals surface area contributed by atoms with Gasteiger partial charge in [0.15, 0.2) is 6.61 Å². The lowest BCUT2D eigenvalue weighted by atomic mass is 9.95. The van der Waals surface area contributed by atoms with Crippen LogP contribution < -0.4 is 4.74 Å². The Labute approximate surface area is 213 Å². The third-order valence-electron chi connectivity index (χ3n) is 7.57. The van der Waals surface area contributed by atoms with E-state index >= 15 is 0 Å². The van der Waals surface area contributed by atoms with Crippen molar-refractivity contribution in [2.75, 3.05) is 52.5 Å². The van der Waals surface area contributed by atoms with Crippen LogP contribution in [0.25, 0.3) is 0 Å². The van der Waals surface area contributed by atoms with Crippen molar-refractivity contribution in [3.8, 4) is 5.75 Å². The molecule has 2 aromatic rings. The van der Waals surface area contributed by atoms with E-state index in [1.807, 2.05) is 9.80 Å². The summed E-state index contributed by atoms with van der Waals surface area (Å²) in [6.07, 6.45) is 6.84. The maximum Gasteiger partial charge on any atom is 0.260 e. The minimum Gasteiger partial charge on any atom is -0.482 e. The lowest BCUT2D eigenvalue weighted by Crippen LogP contribution is -2.48. The van der Waals surface area contributed by atoms with E-state index in [0.29, 0.717) is 37.1 Å². The predicted octanol–water partition coefficient (Wildman–Crippen LogP) is 2.51. The second-order valence-corrected chi connectivity index (χ2v) is 10.1. The van der Waals surface area contributed by atoms with E-state index in [4.69, 9.17) is 9.47 Å². The van der Waals surface area contributed by atoms with Crippen molar-refractivity contribution in [1.82, 2.24) is 19.7 Å². The van der Waals surface area contributed by atoms with Gasteiger partial charge < -0.3 is 19.3 Å². The zero-order chi connectivity index (χ0) is 24.7. The minimum absolute atomic E-state index is 0.00202. The average molecular weight is 493 g/mol. The van der Waals surface area contributed by atoms with E-state index in [9.17, 15) is 9.59 Å². The molecule has 0 bridgehead atoms. The number of amides is 2. The first kappa shape index (κ1) is 24.7. The molecule has 2 amide bonds. The van der Waals surface area contributed by atoms with E-state index in [-0.39, 0.29) is 12.5 Å².